The fraction of sp³-hybridized carbons (Fsp3) is 0.583. The fourth-order valence-corrected chi connectivity index (χ4v) is 2.07. The van der Waals surface area contributed by atoms with Gasteiger partial charge in [0, 0.05) is 19.3 Å². The molecule has 4 nitrogen and oxygen atoms in total. The summed E-state index contributed by atoms with van der Waals surface area (Å²) in [5, 5.41) is 3.08. The van der Waals surface area contributed by atoms with Gasteiger partial charge in [-0.1, -0.05) is 0 Å². The lowest BCUT2D eigenvalue weighted by Gasteiger charge is -2.24. The quantitative estimate of drug-likeness (QED) is 0.845. The molecule has 2 rings (SSSR count). The Morgan fingerprint density at radius 3 is 3.19 bits per heavy atom. The van der Waals surface area contributed by atoms with Crippen LogP contribution in [0.3, 0.4) is 0 Å². The number of nitrogens with one attached hydrogen (secondary N) is 1. The van der Waals surface area contributed by atoms with E-state index in [9.17, 15) is 4.79 Å². The Balaban J connectivity index is 2.26. The molecular formula is C12H18N2O2. The van der Waals surface area contributed by atoms with Gasteiger partial charge in [-0.2, -0.15) is 0 Å². The third-order valence-electron chi connectivity index (χ3n) is 2.87. The van der Waals surface area contributed by atoms with Crippen molar-refractivity contribution >= 4 is 5.69 Å². The smallest absolute Gasteiger partial charge is 0.274 e. The molecular weight excluding hydrogens is 204 g/mol. The standard InChI is InChI=1S/C12H18N2O2/c1-2-13-11-6-3-7-14(12(11)15)10-5-4-8-16-9-10/h3,6-7,10,13H,2,4-5,8-9H2,1H3. The van der Waals surface area contributed by atoms with E-state index in [1.165, 1.54) is 0 Å². The van der Waals surface area contributed by atoms with Gasteiger partial charge in [0.1, 0.15) is 5.69 Å². The lowest BCUT2D eigenvalue weighted by Crippen LogP contribution is -2.31. The molecule has 1 saturated heterocycles. The van der Waals surface area contributed by atoms with Gasteiger partial charge in [-0.3, -0.25) is 4.79 Å². The van der Waals surface area contributed by atoms with Crippen LogP contribution in [-0.2, 0) is 4.74 Å². The highest BCUT2D eigenvalue weighted by Crippen LogP contribution is 2.17. The topological polar surface area (TPSA) is 43.3 Å². The number of nitrogens with zero attached hydrogens (tertiary/aromatic N) is 1. The zero-order chi connectivity index (χ0) is 11.4. The summed E-state index contributed by atoms with van der Waals surface area (Å²) in [6.07, 6.45) is 3.90. The second-order valence-electron chi connectivity index (χ2n) is 4.04. The highest BCUT2D eigenvalue weighted by Gasteiger charge is 2.17. The fourth-order valence-electron chi connectivity index (χ4n) is 2.07. The van der Waals surface area contributed by atoms with E-state index in [-0.39, 0.29) is 11.6 Å². The van der Waals surface area contributed by atoms with E-state index in [1.54, 1.807) is 4.57 Å². The molecule has 0 bridgehead atoms. The Hall–Kier alpha value is -1.29. The monoisotopic (exact) mass is 222 g/mol. The van der Waals surface area contributed by atoms with Gasteiger partial charge in [0.15, 0.2) is 0 Å². The molecule has 0 amide bonds. The van der Waals surface area contributed by atoms with Crippen LogP contribution in [0.5, 0.6) is 0 Å². The molecule has 0 saturated carbocycles. The lowest BCUT2D eigenvalue weighted by atomic mass is 10.1. The van der Waals surface area contributed by atoms with Crippen molar-refractivity contribution in [2.75, 3.05) is 25.1 Å². The molecule has 4 heteroatoms. The summed E-state index contributed by atoms with van der Waals surface area (Å²) >= 11 is 0. The van der Waals surface area contributed by atoms with Gasteiger partial charge in [-0.25, -0.2) is 0 Å². The molecule has 88 valence electrons. The summed E-state index contributed by atoms with van der Waals surface area (Å²) in [4.78, 5) is 12.1. The van der Waals surface area contributed by atoms with E-state index in [0.29, 0.717) is 12.3 Å². The third-order valence-corrected chi connectivity index (χ3v) is 2.87. The van der Waals surface area contributed by atoms with Crippen molar-refractivity contribution < 1.29 is 4.74 Å². The molecule has 1 unspecified atom stereocenters. The highest BCUT2D eigenvalue weighted by molar-refractivity contribution is 5.40. The van der Waals surface area contributed by atoms with Gasteiger partial charge in [0.05, 0.1) is 12.6 Å². The van der Waals surface area contributed by atoms with Crippen molar-refractivity contribution in [1.29, 1.82) is 0 Å². The molecule has 1 N–H and O–H groups in total. The average molecular weight is 222 g/mol. The van der Waals surface area contributed by atoms with E-state index in [2.05, 4.69) is 5.32 Å². The maximum Gasteiger partial charge on any atom is 0.274 e. The van der Waals surface area contributed by atoms with E-state index in [0.717, 1.165) is 26.0 Å². The molecule has 16 heavy (non-hydrogen) atoms. The number of pyridine rings is 1. The minimum atomic E-state index is 0.0554. The van der Waals surface area contributed by atoms with Crippen LogP contribution in [0, 0.1) is 0 Å². The molecule has 0 aromatic carbocycles. The van der Waals surface area contributed by atoms with E-state index >= 15 is 0 Å². The first-order valence-electron chi connectivity index (χ1n) is 5.85. The minimum Gasteiger partial charge on any atom is -0.381 e. The molecule has 1 fully saturated rings. The summed E-state index contributed by atoms with van der Waals surface area (Å²) in [7, 11) is 0. The van der Waals surface area contributed by atoms with Crippen LogP contribution in [0.25, 0.3) is 0 Å². The van der Waals surface area contributed by atoms with Crippen molar-refractivity contribution in [2.45, 2.75) is 25.8 Å². The average Bonchev–Trinajstić information content (AvgIpc) is 2.33. The third kappa shape index (κ3) is 2.27. The van der Waals surface area contributed by atoms with Crippen molar-refractivity contribution in [1.82, 2.24) is 4.57 Å². The van der Waals surface area contributed by atoms with Gasteiger partial charge in [-0.05, 0) is 31.9 Å². The zero-order valence-corrected chi connectivity index (χ0v) is 9.61. The summed E-state index contributed by atoms with van der Waals surface area (Å²) in [6.45, 7) is 4.22. The number of hydrogen-bond acceptors (Lipinski definition) is 3. The van der Waals surface area contributed by atoms with Crippen LogP contribution >= 0.6 is 0 Å². The predicted molar refractivity (Wildman–Crippen MR) is 64.0 cm³/mol. The first-order chi connectivity index (χ1) is 7.83. The predicted octanol–water partition coefficient (Wildman–Crippen LogP) is 1.63. The maximum absolute atomic E-state index is 12.1. The van der Waals surface area contributed by atoms with Crippen LogP contribution < -0.4 is 10.9 Å². The van der Waals surface area contributed by atoms with E-state index in [4.69, 9.17) is 4.74 Å². The van der Waals surface area contributed by atoms with Gasteiger partial charge < -0.3 is 14.6 Å². The second kappa shape index (κ2) is 5.16. The number of anilines is 1. The van der Waals surface area contributed by atoms with Crippen molar-refractivity contribution in [3.63, 3.8) is 0 Å². The second-order valence-corrected chi connectivity index (χ2v) is 4.04. The molecule has 1 aromatic heterocycles. The zero-order valence-electron chi connectivity index (χ0n) is 9.61. The lowest BCUT2D eigenvalue weighted by molar-refractivity contribution is 0.0580. The largest absolute Gasteiger partial charge is 0.381 e. The molecule has 1 aliphatic heterocycles. The van der Waals surface area contributed by atoms with Crippen LogP contribution in [-0.4, -0.2) is 24.3 Å². The van der Waals surface area contributed by atoms with Crippen molar-refractivity contribution in [2.24, 2.45) is 0 Å². The van der Waals surface area contributed by atoms with E-state index in [1.807, 2.05) is 25.3 Å². The molecule has 1 atom stereocenters. The Morgan fingerprint density at radius 1 is 1.62 bits per heavy atom. The van der Waals surface area contributed by atoms with E-state index < -0.39 is 0 Å². The molecule has 0 radical (unpaired) electrons. The molecule has 2 heterocycles. The number of rotatable bonds is 3. The first kappa shape index (κ1) is 11.2. The Labute approximate surface area is 95.2 Å². The van der Waals surface area contributed by atoms with Crippen molar-refractivity contribution in [3.8, 4) is 0 Å². The van der Waals surface area contributed by atoms with Crippen LogP contribution in [0.1, 0.15) is 25.8 Å². The molecule has 1 aliphatic rings. The first-order valence-corrected chi connectivity index (χ1v) is 5.85. The molecule has 0 aliphatic carbocycles. The number of hydrogen-bond donors (Lipinski definition) is 1. The minimum absolute atomic E-state index is 0.0554. The maximum atomic E-state index is 12.1. The van der Waals surface area contributed by atoms with Gasteiger partial charge in [0.2, 0.25) is 0 Å². The summed E-state index contributed by atoms with van der Waals surface area (Å²) < 4.78 is 7.20. The van der Waals surface area contributed by atoms with Gasteiger partial charge in [-0.15, -0.1) is 0 Å². The van der Waals surface area contributed by atoms with Gasteiger partial charge >= 0.3 is 0 Å². The highest BCUT2D eigenvalue weighted by atomic mass is 16.5. The van der Waals surface area contributed by atoms with Crippen LogP contribution in [0.15, 0.2) is 23.1 Å². The summed E-state index contributed by atoms with van der Waals surface area (Å²) in [5.74, 6) is 0. The molecule has 1 aromatic rings. The summed E-state index contributed by atoms with van der Waals surface area (Å²) in [6, 6.07) is 3.93. The van der Waals surface area contributed by atoms with Gasteiger partial charge in [0.25, 0.3) is 5.56 Å². The van der Waals surface area contributed by atoms with Crippen LogP contribution in [0.4, 0.5) is 5.69 Å². The Bertz CT molecular complexity index is 394. The Morgan fingerprint density at radius 2 is 2.50 bits per heavy atom. The Kier molecular flexibility index (Phi) is 3.62. The normalized spacial score (nSPS) is 20.7. The summed E-state index contributed by atoms with van der Waals surface area (Å²) in [5.41, 5.74) is 0.732. The van der Waals surface area contributed by atoms with Crippen molar-refractivity contribution in [3.05, 3.63) is 28.7 Å². The number of aromatic nitrogens is 1. The number of ether oxygens (including phenoxy) is 1. The SMILES string of the molecule is CCNc1cccn(C2CCCOC2)c1=O. The molecule has 0 spiro atoms. The van der Waals surface area contributed by atoms with Crippen LogP contribution in [0.2, 0.25) is 0 Å².